The van der Waals surface area contributed by atoms with E-state index < -0.39 is 0 Å². The van der Waals surface area contributed by atoms with Gasteiger partial charge in [-0.2, -0.15) is 5.10 Å². The molecule has 8 nitrogen and oxygen atoms in total. The molecule has 4 heterocycles. The van der Waals surface area contributed by atoms with Crippen LogP contribution in [0.5, 0.6) is 0 Å². The van der Waals surface area contributed by atoms with Crippen LogP contribution < -0.4 is 15.5 Å². The number of amides is 2. The average Bonchev–Trinajstić information content (AvgIpc) is 2.98. The molecule has 3 aliphatic heterocycles. The smallest absolute Gasteiger partial charge is 0.235 e. The van der Waals surface area contributed by atoms with Crippen molar-refractivity contribution in [2.75, 3.05) is 44.2 Å². The van der Waals surface area contributed by atoms with Crippen LogP contribution in [0.25, 0.3) is 10.9 Å². The summed E-state index contributed by atoms with van der Waals surface area (Å²) in [7, 11) is 1.92. The second-order valence-electron chi connectivity index (χ2n) is 8.06. The predicted octanol–water partition coefficient (Wildman–Crippen LogP) is 0.187. The third kappa shape index (κ3) is 2.97. The SMILES string of the molecule is Cn1nc(C2CCC(=O)NC2=O)c2ccc(N3CC(N4CCNCC4)C3)cc21. The lowest BCUT2D eigenvalue weighted by Crippen LogP contribution is -2.62. The number of aromatic nitrogens is 2. The minimum atomic E-state index is -0.353. The first-order valence-corrected chi connectivity index (χ1v) is 10.1. The number of anilines is 1. The highest BCUT2D eigenvalue weighted by Gasteiger charge is 2.34. The van der Waals surface area contributed by atoms with Crippen molar-refractivity contribution in [3.05, 3.63) is 23.9 Å². The molecule has 3 saturated heterocycles. The first kappa shape index (κ1) is 17.6. The Morgan fingerprint density at radius 2 is 1.93 bits per heavy atom. The zero-order chi connectivity index (χ0) is 19.3. The number of nitrogens with one attached hydrogen (secondary N) is 2. The van der Waals surface area contributed by atoms with Crippen LogP contribution in [-0.4, -0.2) is 71.8 Å². The van der Waals surface area contributed by atoms with Crippen LogP contribution in [0.1, 0.15) is 24.5 Å². The Balaban J connectivity index is 1.35. The zero-order valence-corrected chi connectivity index (χ0v) is 16.1. The zero-order valence-electron chi connectivity index (χ0n) is 16.1. The van der Waals surface area contributed by atoms with E-state index in [2.05, 4.69) is 43.7 Å². The lowest BCUT2D eigenvalue weighted by molar-refractivity contribution is -0.134. The van der Waals surface area contributed by atoms with Crippen molar-refractivity contribution in [2.24, 2.45) is 7.05 Å². The summed E-state index contributed by atoms with van der Waals surface area (Å²) in [6, 6.07) is 7.02. The Bertz CT molecular complexity index is 926. The number of hydrogen-bond acceptors (Lipinski definition) is 6. The molecule has 1 unspecified atom stereocenters. The molecular formula is C20H26N6O2. The molecule has 2 aromatic rings. The molecule has 1 aromatic carbocycles. The number of piperazine rings is 1. The van der Waals surface area contributed by atoms with Gasteiger partial charge in [0.05, 0.1) is 17.1 Å². The summed E-state index contributed by atoms with van der Waals surface area (Å²) in [6.07, 6.45) is 0.894. The fourth-order valence-corrected chi connectivity index (χ4v) is 4.63. The van der Waals surface area contributed by atoms with Crippen molar-refractivity contribution in [1.29, 1.82) is 0 Å². The average molecular weight is 382 g/mol. The standard InChI is InChI=1S/C20H26N6O2/c1-24-17-10-13(26-11-14(12-26)25-8-6-21-7-9-25)2-3-15(17)19(23-24)16-4-5-18(27)22-20(16)28/h2-3,10,14,16,21H,4-9,11-12H2,1H3,(H,22,27,28). The van der Waals surface area contributed by atoms with Crippen LogP contribution >= 0.6 is 0 Å². The fourth-order valence-electron chi connectivity index (χ4n) is 4.63. The van der Waals surface area contributed by atoms with Crippen LogP contribution in [0, 0.1) is 0 Å². The summed E-state index contributed by atoms with van der Waals surface area (Å²) < 4.78 is 1.85. The van der Waals surface area contributed by atoms with Gasteiger partial charge in [-0.05, 0) is 24.6 Å². The van der Waals surface area contributed by atoms with Gasteiger partial charge in [0, 0.05) is 69.9 Å². The van der Waals surface area contributed by atoms with Crippen molar-refractivity contribution in [2.45, 2.75) is 24.8 Å². The van der Waals surface area contributed by atoms with Gasteiger partial charge in [0.1, 0.15) is 0 Å². The number of nitrogens with zero attached hydrogens (tertiary/aromatic N) is 4. The van der Waals surface area contributed by atoms with Gasteiger partial charge in [0.25, 0.3) is 0 Å². The molecule has 8 heteroatoms. The van der Waals surface area contributed by atoms with Crippen LogP contribution in [0.3, 0.4) is 0 Å². The molecule has 0 aliphatic carbocycles. The molecule has 3 aliphatic rings. The summed E-state index contributed by atoms with van der Waals surface area (Å²) >= 11 is 0. The number of carbonyl (C=O) groups excluding carboxylic acids is 2. The summed E-state index contributed by atoms with van der Waals surface area (Å²) in [4.78, 5) is 28.7. The highest BCUT2D eigenvalue weighted by Crippen LogP contribution is 2.33. The van der Waals surface area contributed by atoms with Crippen LogP contribution in [-0.2, 0) is 16.6 Å². The van der Waals surface area contributed by atoms with Crippen molar-refractivity contribution in [3.8, 4) is 0 Å². The predicted molar refractivity (Wildman–Crippen MR) is 106 cm³/mol. The Morgan fingerprint density at radius 3 is 2.68 bits per heavy atom. The molecule has 0 saturated carbocycles. The summed E-state index contributed by atoms with van der Waals surface area (Å²) in [5, 5.41) is 11.5. The number of rotatable bonds is 3. The van der Waals surface area contributed by atoms with Crippen molar-refractivity contribution >= 4 is 28.4 Å². The van der Waals surface area contributed by atoms with Crippen LogP contribution in [0.4, 0.5) is 5.69 Å². The molecule has 0 spiro atoms. The Hall–Kier alpha value is -2.45. The van der Waals surface area contributed by atoms with Crippen molar-refractivity contribution in [3.63, 3.8) is 0 Å². The van der Waals surface area contributed by atoms with Gasteiger partial charge in [-0.3, -0.25) is 24.5 Å². The van der Waals surface area contributed by atoms with Crippen LogP contribution in [0.2, 0.25) is 0 Å². The number of piperidine rings is 1. The quantitative estimate of drug-likeness (QED) is 0.738. The van der Waals surface area contributed by atoms with Gasteiger partial charge in [-0.1, -0.05) is 0 Å². The number of benzene rings is 1. The summed E-state index contributed by atoms with van der Waals surface area (Å²) in [5.74, 6) is -0.782. The maximum Gasteiger partial charge on any atom is 0.235 e. The van der Waals surface area contributed by atoms with Crippen molar-refractivity contribution in [1.82, 2.24) is 25.3 Å². The molecule has 1 atom stereocenters. The lowest BCUT2D eigenvalue weighted by Gasteiger charge is -2.48. The van der Waals surface area contributed by atoms with Gasteiger partial charge in [0.15, 0.2) is 0 Å². The molecule has 0 bridgehead atoms. The number of fused-ring (bicyclic) bond motifs is 1. The molecule has 5 rings (SSSR count). The topological polar surface area (TPSA) is 82.5 Å². The molecule has 3 fully saturated rings. The molecule has 2 amide bonds. The Kier molecular flexibility index (Phi) is 4.32. The van der Waals surface area contributed by atoms with Gasteiger partial charge < -0.3 is 10.2 Å². The number of hydrogen-bond donors (Lipinski definition) is 2. The second kappa shape index (κ2) is 6.86. The maximum atomic E-state index is 12.3. The largest absolute Gasteiger partial charge is 0.368 e. The summed E-state index contributed by atoms with van der Waals surface area (Å²) in [6.45, 7) is 6.55. The molecular weight excluding hydrogens is 356 g/mol. The van der Waals surface area contributed by atoms with E-state index in [-0.39, 0.29) is 17.7 Å². The van der Waals surface area contributed by atoms with E-state index in [1.165, 1.54) is 5.69 Å². The van der Waals surface area contributed by atoms with E-state index in [0.29, 0.717) is 18.9 Å². The highest BCUT2D eigenvalue weighted by molar-refractivity contribution is 6.02. The second-order valence-corrected chi connectivity index (χ2v) is 8.06. The van der Waals surface area contributed by atoms with Crippen molar-refractivity contribution < 1.29 is 9.59 Å². The third-order valence-corrected chi connectivity index (χ3v) is 6.33. The van der Waals surface area contributed by atoms with Gasteiger partial charge in [0.2, 0.25) is 11.8 Å². The minimum Gasteiger partial charge on any atom is -0.368 e. The van der Waals surface area contributed by atoms with E-state index in [1.807, 2.05) is 11.7 Å². The maximum absolute atomic E-state index is 12.3. The van der Waals surface area contributed by atoms with Crippen LogP contribution in [0.15, 0.2) is 18.2 Å². The van der Waals surface area contributed by atoms with E-state index in [1.54, 1.807) is 0 Å². The van der Waals surface area contributed by atoms with Gasteiger partial charge in [-0.25, -0.2) is 0 Å². The first-order valence-electron chi connectivity index (χ1n) is 10.1. The highest BCUT2D eigenvalue weighted by atomic mass is 16.2. The third-order valence-electron chi connectivity index (χ3n) is 6.33. The lowest BCUT2D eigenvalue weighted by atomic mass is 9.92. The van der Waals surface area contributed by atoms with E-state index >= 15 is 0 Å². The normalized spacial score (nSPS) is 24.5. The molecule has 2 N–H and O–H groups in total. The first-order chi connectivity index (χ1) is 13.6. The molecule has 0 radical (unpaired) electrons. The fraction of sp³-hybridized carbons (Fsp3) is 0.550. The van der Waals surface area contributed by atoms with Gasteiger partial charge >= 0.3 is 0 Å². The summed E-state index contributed by atoms with van der Waals surface area (Å²) in [5.41, 5.74) is 3.01. The number of carbonyl (C=O) groups is 2. The van der Waals surface area contributed by atoms with E-state index in [0.717, 1.165) is 55.9 Å². The van der Waals surface area contributed by atoms with Gasteiger partial charge in [-0.15, -0.1) is 0 Å². The monoisotopic (exact) mass is 382 g/mol. The van der Waals surface area contributed by atoms with E-state index in [9.17, 15) is 9.59 Å². The van der Waals surface area contributed by atoms with E-state index in [4.69, 9.17) is 0 Å². The number of aryl methyl sites for hydroxylation is 1. The molecule has 28 heavy (non-hydrogen) atoms. The minimum absolute atomic E-state index is 0.194. The molecule has 1 aromatic heterocycles. The molecule has 148 valence electrons. The number of imide groups is 1. The Labute approximate surface area is 163 Å². The Morgan fingerprint density at radius 1 is 1.14 bits per heavy atom.